The van der Waals surface area contributed by atoms with Gasteiger partial charge in [0.05, 0.1) is 0 Å². The van der Waals surface area contributed by atoms with Gasteiger partial charge in [-0.15, -0.1) is 0 Å². The van der Waals surface area contributed by atoms with Gasteiger partial charge in [0.2, 0.25) is 0 Å². The van der Waals surface area contributed by atoms with Crippen molar-refractivity contribution >= 4 is 11.8 Å². The zero-order valence-electron chi connectivity index (χ0n) is 5.42. The van der Waals surface area contributed by atoms with Gasteiger partial charge in [0, 0.05) is 11.1 Å². The first-order valence-corrected chi connectivity index (χ1v) is 3.48. The van der Waals surface area contributed by atoms with Crippen molar-refractivity contribution in [1.82, 2.24) is 0 Å². The summed E-state index contributed by atoms with van der Waals surface area (Å²) in [4.78, 5) is 0.933. The maximum atomic E-state index is 8.66. The standard InChI is InChI=1S/C6H11NOS/c1-3-6(4-7)9-5(2)8/h4,8H,2-3,7H2,1H3/b6-4-. The molecule has 0 atom stereocenters. The van der Waals surface area contributed by atoms with Crippen LogP contribution in [-0.2, 0) is 0 Å². The van der Waals surface area contributed by atoms with Crippen LogP contribution in [0.3, 0.4) is 0 Å². The molecule has 0 aliphatic rings. The summed E-state index contributed by atoms with van der Waals surface area (Å²) in [6, 6.07) is 0. The molecule has 3 N–H and O–H groups in total. The fraction of sp³-hybridized carbons (Fsp3) is 0.333. The lowest BCUT2D eigenvalue weighted by Crippen LogP contribution is -1.83. The van der Waals surface area contributed by atoms with Crippen LogP contribution in [0.5, 0.6) is 0 Å². The molecular weight excluding hydrogens is 134 g/mol. The molecule has 0 saturated carbocycles. The molecule has 0 fully saturated rings. The van der Waals surface area contributed by atoms with Crippen molar-refractivity contribution in [3.05, 3.63) is 22.8 Å². The van der Waals surface area contributed by atoms with E-state index in [0.29, 0.717) is 0 Å². The quantitative estimate of drug-likeness (QED) is 0.597. The highest BCUT2D eigenvalue weighted by molar-refractivity contribution is 8.06. The molecule has 9 heavy (non-hydrogen) atoms. The number of hydrogen-bond acceptors (Lipinski definition) is 3. The van der Waals surface area contributed by atoms with Crippen LogP contribution in [0, 0.1) is 0 Å². The van der Waals surface area contributed by atoms with Gasteiger partial charge in [-0.1, -0.05) is 18.7 Å². The lowest BCUT2D eigenvalue weighted by Gasteiger charge is -1.98. The Bertz CT molecular complexity index is 131. The van der Waals surface area contributed by atoms with Crippen molar-refractivity contribution in [2.45, 2.75) is 13.3 Å². The smallest absolute Gasteiger partial charge is 0.147 e. The second-order valence-electron chi connectivity index (χ2n) is 1.48. The molecule has 0 rings (SSSR count). The van der Waals surface area contributed by atoms with Gasteiger partial charge in [-0.25, -0.2) is 0 Å². The van der Waals surface area contributed by atoms with E-state index >= 15 is 0 Å². The summed E-state index contributed by atoms with van der Waals surface area (Å²) in [6.07, 6.45) is 2.31. The van der Waals surface area contributed by atoms with Crippen LogP contribution >= 0.6 is 11.8 Å². The number of aliphatic hydroxyl groups is 1. The first-order chi connectivity index (χ1) is 4.20. The lowest BCUT2D eigenvalue weighted by molar-refractivity contribution is 0.459. The Labute approximate surface area is 59.4 Å². The van der Waals surface area contributed by atoms with E-state index in [1.165, 1.54) is 18.0 Å². The average molecular weight is 145 g/mol. The van der Waals surface area contributed by atoms with Gasteiger partial charge < -0.3 is 10.8 Å². The molecule has 0 aromatic rings. The molecule has 0 heterocycles. The Kier molecular flexibility index (Phi) is 4.05. The maximum absolute atomic E-state index is 8.66. The average Bonchev–Trinajstić information content (AvgIpc) is 1.82. The summed E-state index contributed by atoms with van der Waals surface area (Å²) in [5.74, 6) is 0. The van der Waals surface area contributed by atoms with Crippen LogP contribution < -0.4 is 5.73 Å². The highest BCUT2D eigenvalue weighted by Gasteiger charge is 1.94. The summed E-state index contributed by atoms with van der Waals surface area (Å²) < 4.78 is 0. The Balaban J connectivity index is 3.71. The Hall–Kier alpha value is -0.570. The first-order valence-electron chi connectivity index (χ1n) is 2.67. The highest BCUT2D eigenvalue weighted by Crippen LogP contribution is 2.22. The molecule has 2 nitrogen and oxygen atoms in total. The zero-order valence-corrected chi connectivity index (χ0v) is 6.24. The SMILES string of the molecule is C=C(O)S/C(=C\N)CC. The monoisotopic (exact) mass is 145 g/mol. The number of allylic oxidation sites excluding steroid dienone is 1. The summed E-state index contributed by atoms with van der Waals surface area (Å²) >= 11 is 1.20. The number of nitrogens with two attached hydrogens (primary N) is 1. The van der Waals surface area contributed by atoms with Crippen LogP contribution in [0.1, 0.15) is 13.3 Å². The van der Waals surface area contributed by atoms with E-state index in [1.807, 2.05) is 6.92 Å². The maximum Gasteiger partial charge on any atom is 0.147 e. The Morgan fingerprint density at radius 3 is 2.56 bits per heavy atom. The molecule has 0 aliphatic carbocycles. The summed E-state index contributed by atoms with van der Waals surface area (Å²) in [6.45, 7) is 5.28. The molecular formula is C6H11NOS. The van der Waals surface area contributed by atoms with Crippen LogP contribution in [-0.4, -0.2) is 5.11 Å². The zero-order chi connectivity index (χ0) is 7.28. The molecule has 0 aromatic heterocycles. The van der Waals surface area contributed by atoms with Gasteiger partial charge in [-0.05, 0) is 13.0 Å². The van der Waals surface area contributed by atoms with Gasteiger partial charge in [0.25, 0.3) is 0 Å². The van der Waals surface area contributed by atoms with Crippen molar-refractivity contribution in [1.29, 1.82) is 0 Å². The highest BCUT2D eigenvalue weighted by atomic mass is 32.2. The van der Waals surface area contributed by atoms with Crippen LogP contribution in [0.25, 0.3) is 0 Å². The second kappa shape index (κ2) is 4.32. The third-order valence-electron chi connectivity index (χ3n) is 0.783. The summed E-state index contributed by atoms with van der Waals surface area (Å²) in [7, 11) is 0. The fourth-order valence-electron chi connectivity index (χ4n) is 0.375. The topological polar surface area (TPSA) is 46.2 Å². The number of aliphatic hydroxyl groups excluding tert-OH is 1. The van der Waals surface area contributed by atoms with E-state index in [2.05, 4.69) is 6.58 Å². The molecule has 0 aliphatic heterocycles. The van der Waals surface area contributed by atoms with E-state index in [-0.39, 0.29) is 5.09 Å². The van der Waals surface area contributed by atoms with E-state index < -0.39 is 0 Å². The number of hydrogen-bond donors (Lipinski definition) is 2. The van der Waals surface area contributed by atoms with Crippen LogP contribution in [0.4, 0.5) is 0 Å². The fourth-order valence-corrected chi connectivity index (χ4v) is 0.890. The molecule has 0 amide bonds. The Morgan fingerprint density at radius 2 is 2.44 bits per heavy atom. The van der Waals surface area contributed by atoms with Crippen molar-refractivity contribution in [2.24, 2.45) is 5.73 Å². The number of rotatable bonds is 3. The molecule has 0 saturated heterocycles. The lowest BCUT2D eigenvalue weighted by atomic mass is 10.5. The summed E-state index contributed by atoms with van der Waals surface area (Å²) in [5.41, 5.74) is 5.20. The van der Waals surface area contributed by atoms with E-state index in [1.54, 1.807) is 0 Å². The molecule has 0 aromatic carbocycles. The van der Waals surface area contributed by atoms with Crippen molar-refractivity contribution < 1.29 is 5.11 Å². The third kappa shape index (κ3) is 3.97. The Morgan fingerprint density at radius 1 is 1.89 bits per heavy atom. The summed E-state index contributed by atoms with van der Waals surface area (Å²) in [5, 5.41) is 8.75. The number of thioether (sulfide) groups is 1. The van der Waals surface area contributed by atoms with E-state index in [9.17, 15) is 0 Å². The van der Waals surface area contributed by atoms with Crippen molar-refractivity contribution in [2.75, 3.05) is 0 Å². The van der Waals surface area contributed by atoms with E-state index in [4.69, 9.17) is 10.8 Å². The normalized spacial score (nSPS) is 11.4. The minimum absolute atomic E-state index is 0.0913. The first kappa shape index (κ1) is 8.43. The minimum Gasteiger partial charge on any atom is -0.502 e. The third-order valence-corrected chi connectivity index (χ3v) is 1.71. The predicted octanol–water partition coefficient (Wildman–Crippen LogP) is 1.96. The van der Waals surface area contributed by atoms with Gasteiger partial charge in [-0.3, -0.25) is 0 Å². The van der Waals surface area contributed by atoms with Gasteiger partial charge in [-0.2, -0.15) is 0 Å². The van der Waals surface area contributed by atoms with Gasteiger partial charge in [0.15, 0.2) is 0 Å². The minimum atomic E-state index is 0.0913. The molecule has 52 valence electrons. The second-order valence-corrected chi connectivity index (χ2v) is 2.68. The predicted molar refractivity (Wildman–Crippen MR) is 41.9 cm³/mol. The molecule has 3 heteroatoms. The van der Waals surface area contributed by atoms with E-state index in [0.717, 1.165) is 11.3 Å². The molecule has 0 spiro atoms. The molecule has 0 radical (unpaired) electrons. The largest absolute Gasteiger partial charge is 0.502 e. The van der Waals surface area contributed by atoms with Crippen LogP contribution in [0.2, 0.25) is 0 Å². The molecule has 0 unspecified atom stereocenters. The van der Waals surface area contributed by atoms with Crippen molar-refractivity contribution in [3.63, 3.8) is 0 Å². The van der Waals surface area contributed by atoms with Gasteiger partial charge in [0.1, 0.15) is 5.09 Å². The van der Waals surface area contributed by atoms with Crippen molar-refractivity contribution in [3.8, 4) is 0 Å². The van der Waals surface area contributed by atoms with Crippen LogP contribution in [0.15, 0.2) is 22.8 Å². The molecule has 0 bridgehead atoms. The van der Waals surface area contributed by atoms with Gasteiger partial charge >= 0.3 is 0 Å².